The first-order valence-electron chi connectivity index (χ1n) is 5.27. The highest BCUT2D eigenvalue weighted by Crippen LogP contribution is 2.07. The van der Waals surface area contributed by atoms with Crippen LogP contribution >= 0.6 is 30.1 Å². The fourth-order valence-electron chi connectivity index (χ4n) is 1.66. The van der Waals surface area contributed by atoms with Gasteiger partial charge in [-0.2, -0.15) is 0 Å². The van der Waals surface area contributed by atoms with Gasteiger partial charge in [-0.3, -0.25) is 4.90 Å². The van der Waals surface area contributed by atoms with Gasteiger partial charge in [-0.05, 0) is 33.7 Å². The van der Waals surface area contributed by atoms with Crippen molar-refractivity contribution < 1.29 is 0 Å². The molecule has 1 fully saturated rings. The van der Waals surface area contributed by atoms with Gasteiger partial charge >= 0.3 is 0 Å². The Balaban J connectivity index is 2.12. The molecule has 1 aliphatic heterocycles. The van der Waals surface area contributed by atoms with Crippen LogP contribution in [0.5, 0.6) is 0 Å². The zero-order valence-electron chi connectivity index (χ0n) is 8.91. The summed E-state index contributed by atoms with van der Waals surface area (Å²) in [5, 5.41) is 3.02. The van der Waals surface area contributed by atoms with Gasteiger partial charge in [0.25, 0.3) is 0 Å². The molecule has 5 heteroatoms. The molecular formula is C10H18IN3S. The van der Waals surface area contributed by atoms with E-state index in [2.05, 4.69) is 42.2 Å². The van der Waals surface area contributed by atoms with Crippen LogP contribution in [0.1, 0.15) is 6.42 Å². The van der Waals surface area contributed by atoms with Crippen molar-refractivity contribution in [3.63, 3.8) is 0 Å². The van der Waals surface area contributed by atoms with E-state index in [0.29, 0.717) is 0 Å². The van der Waals surface area contributed by atoms with E-state index >= 15 is 0 Å². The Morgan fingerprint density at radius 3 is 2.47 bits per heavy atom. The number of piperazine rings is 1. The summed E-state index contributed by atoms with van der Waals surface area (Å²) >= 11 is 2.20. The minimum Gasteiger partial charge on any atom is -0.330 e. The third kappa shape index (κ3) is 5.97. The Bertz CT molecular complexity index is 218. The van der Waals surface area contributed by atoms with E-state index in [1.807, 2.05) is 0 Å². The predicted octanol–water partition coefficient (Wildman–Crippen LogP) is 0.997. The van der Waals surface area contributed by atoms with Gasteiger partial charge in [0, 0.05) is 47.4 Å². The molecule has 0 radical (unpaired) electrons. The van der Waals surface area contributed by atoms with Crippen LogP contribution in [0.4, 0.5) is 0 Å². The zero-order chi connectivity index (χ0) is 10.9. The molecule has 15 heavy (non-hydrogen) atoms. The van der Waals surface area contributed by atoms with Crippen molar-refractivity contribution in [3.05, 3.63) is 0 Å². The van der Waals surface area contributed by atoms with Crippen LogP contribution in [0.2, 0.25) is 0 Å². The summed E-state index contributed by atoms with van der Waals surface area (Å²) in [6, 6.07) is 0. The van der Waals surface area contributed by atoms with E-state index in [9.17, 15) is 0 Å². The lowest BCUT2D eigenvalue weighted by atomic mass is 10.3. The minimum atomic E-state index is 0.804. The smallest absolute Gasteiger partial charge is 0.0611 e. The van der Waals surface area contributed by atoms with Gasteiger partial charge in [0.05, 0.1) is 6.54 Å². The standard InChI is InChI=1S/C10H18IN3S/c11-15-10-2-5-14-8-6-13(7-9-14)4-1-3-12/h1,3-9,12H2. The van der Waals surface area contributed by atoms with Crippen molar-refractivity contribution in [3.8, 4) is 11.2 Å². The maximum absolute atomic E-state index is 5.50. The van der Waals surface area contributed by atoms with E-state index < -0.39 is 0 Å². The molecule has 0 bridgehead atoms. The van der Waals surface area contributed by atoms with Gasteiger partial charge in [0.1, 0.15) is 0 Å². The molecular weight excluding hydrogens is 321 g/mol. The molecule has 3 nitrogen and oxygen atoms in total. The van der Waals surface area contributed by atoms with Crippen molar-refractivity contribution in [1.29, 1.82) is 0 Å². The number of nitrogens with zero attached hydrogens (tertiary/aromatic N) is 2. The van der Waals surface area contributed by atoms with Gasteiger partial charge < -0.3 is 10.6 Å². The number of halogens is 1. The van der Waals surface area contributed by atoms with Crippen LogP contribution in [0.3, 0.4) is 0 Å². The van der Waals surface area contributed by atoms with Crippen molar-refractivity contribution in [2.45, 2.75) is 6.42 Å². The van der Waals surface area contributed by atoms with Crippen LogP contribution in [0.25, 0.3) is 0 Å². The van der Waals surface area contributed by atoms with Crippen LogP contribution in [0.15, 0.2) is 0 Å². The molecule has 0 amide bonds. The van der Waals surface area contributed by atoms with Crippen molar-refractivity contribution in [2.75, 3.05) is 45.8 Å². The topological polar surface area (TPSA) is 32.5 Å². The quantitative estimate of drug-likeness (QED) is 0.612. The van der Waals surface area contributed by atoms with Crippen LogP contribution in [-0.2, 0) is 0 Å². The summed E-state index contributed by atoms with van der Waals surface area (Å²) in [5.74, 6) is 3.16. The first-order valence-corrected chi connectivity index (χ1v) is 8.63. The number of hydrogen-bond donors (Lipinski definition) is 1. The molecule has 0 aliphatic carbocycles. The normalized spacial score (nSPS) is 18.5. The minimum absolute atomic E-state index is 0.804. The van der Waals surface area contributed by atoms with Crippen LogP contribution < -0.4 is 5.73 Å². The fraction of sp³-hybridized carbons (Fsp3) is 0.800. The number of hydrogen-bond acceptors (Lipinski definition) is 4. The largest absolute Gasteiger partial charge is 0.330 e. The maximum atomic E-state index is 5.50. The second-order valence-corrected chi connectivity index (χ2v) is 5.30. The summed E-state index contributed by atoms with van der Waals surface area (Å²) in [6.07, 6.45) is 1.12. The summed E-state index contributed by atoms with van der Waals surface area (Å²) in [5.41, 5.74) is 5.50. The molecule has 2 N–H and O–H groups in total. The lowest BCUT2D eigenvalue weighted by molar-refractivity contribution is 0.143. The predicted molar refractivity (Wildman–Crippen MR) is 75.9 cm³/mol. The van der Waals surface area contributed by atoms with Gasteiger partial charge in [-0.25, -0.2) is 0 Å². The van der Waals surface area contributed by atoms with E-state index in [-0.39, 0.29) is 0 Å². The van der Waals surface area contributed by atoms with Crippen LogP contribution in [0, 0.1) is 11.2 Å². The monoisotopic (exact) mass is 339 g/mol. The van der Waals surface area contributed by atoms with Crippen molar-refractivity contribution >= 4 is 30.1 Å². The van der Waals surface area contributed by atoms with Gasteiger partial charge in [0.2, 0.25) is 0 Å². The molecule has 0 saturated carbocycles. The Morgan fingerprint density at radius 2 is 1.87 bits per heavy atom. The van der Waals surface area contributed by atoms with Crippen molar-refractivity contribution in [1.82, 2.24) is 9.80 Å². The molecule has 0 atom stereocenters. The Labute approximate surface area is 109 Å². The highest BCUT2D eigenvalue weighted by Gasteiger charge is 2.14. The highest BCUT2D eigenvalue weighted by molar-refractivity contribution is 14.2. The highest BCUT2D eigenvalue weighted by atomic mass is 127. The molecule has 1 rings (SSSR count). The summed E-state index contributed by atoms with van der Waals surface area (Å²) in [6.45, 7) is 7.49. The molecule has 86 valence electrons. The average molecular weight is 339 g/mol. The molecule has 0 aromatic heterocycles. The maximum Gasteiger partial charge on any atom is 0.0611 e. The molecule has 0 unspecified atom stereocenters. The van der Waals surface area contributed by atoms with E-state index in [1.165, 1.54) is 13.1 Å². The van der Waals surface area contributed by atoms with E-state index in [1.54, 1.807) is 8.93 Å². The zero-order valence-corrected chi connectivity index (χ0v) is 11.9. The lowest BCUT2D eigenvalue weighted by Crippen LogP contribution is -2.46. The number of nitrogens with two attached hydrogens (primary N) is 1. The molecule has 0 spiro atoms. The van der Waals surface area contributed by atoms with Crippen LogP contribution in [-0.4, -0.2) is 55.6 Å². The Hall–Kier alpha value is 0.520. The average Bonchev–Trinajstić information content (AvgIpc) is 2.28. The lowest BCUT2D eigenvalue weighted by Gasteiger charge is -2.33. The molecule has 0 aromatic carbocycles. The third-order valence-corrected chi connectivity index (χ3v) is 3.44. The van der Waals surface area contributed by atoms with Gasteiger partial charge in [0.15, 0.2) is 0 Å². The Kier molecular flexibility index (Phi) is 7.83. The number of rotatable bonds is 4. The second-order valence-electron chi connectivity index (χ2n) is 3.62. The SMILES string of the molecule is NCCCN1CCN(CC#CSI)CC1. The second kappa shape index (κ2) is 8.65. The van der Waals surface area contributed by atoms with E-state index in [0.717, 1.165) is 39.1 Å². The third-order valence-electron chi connectivity index (χ3n) is 2.56. The summed E-state index contributed by atoms with van der Waals surface area (Å²) in [7, 11) is 1.56. The summed E-state index contributed by atoms with van der Waals surface area (Å²) < 4.78 is 0. The van der Waals surface area contributed by atoms with Crippen molar-refractivity contribution in [2.24, 2.45) is 5.73 Å². The first-order chi connectivity index (χ1) is 7.36. The molecule has 1 heterocycles. The fourth-order valence-corrected chi connectivity index (χ4v) is 2.24. The van der Waals surface area contributed by atoms with E-state index in [4.69, 9.17) is 5.73 Å². The summed E-state index contributed by atoms with van der Waals surface area (Å²) in [4.78, 5) is 4.91. The van der Waals surface area contributed by atoms with Gasteiger partial charge in [-0.1, -0.05) is 5.92 Å². The molecule has 0 aromatic rings. The Morgan fingerprint density at radius 1 is 1.20 bits per heavy atom. The molecule has 1 aliphatic rings. The first kappa shape index (κ1) is 13.6. The van der Waals surface area contributed by atoms with Gasteiger partial charge in [-0.15, -0.1) is 0 Å². The molecule has 1 saturated heterocycles.